The number of carbonyl (C=O) groups is 3. The van der Waals surface area contributed by atoms with Gasteiger partial charge in [-0.15, -0.1) is 0 Å². The van der Waals surface area contributed by atoms with E-state index in [1.807, 2.05) is 0 Å². The average Bonchev–Trinajstić information content (AvgIpc) is 2.11. The summed E-state index contributed by atoms with van der Waals surface area (Å²) in [6.45, 7) is -0.523. The van der Waals surface area contributed by atoms with Crippen molar-refractivity contribution in [2.24, 2.45) is 11.5 Å². The molecule has 1 aliphatic heterocycles. The molecule has 4 N–H and O–H groups in total. The maximum Gasteiger partial charge on any atom is 0.255 e. The molecule has 1 unspecified atom stereocenters. The van der Waals surface area contributed by atoms with Crippen LogP contribution in [0.1, 0.15) is 0 Å². The molecule has 78 valence electrons. The third kappa shape index (κ3) is 2.27. The van der Waals surface area contributed by atoms with Crippen LogP contribution < -0.4 is 11.5 Å². The molecule has 1 fully saturated rings. The molecule has 14 heavy (non-hydrogen) atoms. The summed E-state index contributed by atoms with van der Waals surface area (Å²) in [5, 5.41) is 0. The van der Waals surface area contributed by atoms with Crippen LogP contribution in [0.15, 0.2) is 0 Å². The molecule has 0 saturated carbocycles. The smallest absolute Gasteiger partial charge is 0.255 e. The molecule has 7 nitrogen and oxygen atoms in total. The van der Waals surface area contributed by atoms with Crippen molar-refractivity contribution >= 4 is 17.7 Å². The van der Waals surface area contributed by atoms with Gasteiger partial charge >= 0.3 is 0 Å². The van der Waals surface area contributed by atoms with E-state index in [1.54, 1.807) is 0 Å². The number of morpholine rings is 1. The number of imide groups is 1. The highest BCUT2D eigenvalue weighted by atomic mass is 16.5. The monoisotopic (exact) mass is 201 g/mol. The molecule has 0 aliphatic carbocycles. The molecule has 0 aromatic rings. The van der Waals surface area contributed by atoms with Gasteiger partial charge in [0.1, 0.15) is 19.3 Å². The summed E-state index contributed by atoms with van der Waals surface area (Å²) in [6.07, 6.45) is 0. The Kier molecular flexibility index (Phi) is 3.15. The minimum atomic E-state index is -1.03. The highest BCUT2D eigenvalue weighted by Gasteiger charge is 2.29. The van der Waals surface area contributed by atoms with Crippen molar-refractivity contribution in [1.29, 1.82) is 0 Å². The van der Waals surface area contributed by atoms with Gasteiger partial charge in [-0.25, -0.2) is 0 Å². The fourth-order valence-electron chi connectivity index (χ4n) is 1.01. The summed E-state index contributed by atoms with van der Waals surface area (Å²) in [7, 11) is 0. The van der Waals surface area contributed by atoms with Crippen LogP contribution in [-0.4, -0.2) is 48.4 Å². The van der Waals surface area contributed by atoms with E-state index in [-0.39, 0.29) is 19.8 Å². The van der Waals surface area contributed by atoms with Crippen LogP contribution in [0, 0.1) is 0 Å². The third-order valence-corrected chi connectivity index (χ3v) is 1.80. The van der Waals surface area contributed by atoms with Crippen LogP contribution in [0.25, 0.3) is 0 Å². The van der Waals surface area contributed by atoms with E-state index < -0.39 is 23.8 Å². The SMILES string of the molecule is NC(=O)C(N)CN1C(=O)COCC1=O. The van der Waals surface area contributed by atoms with Gasteiger partial charge in [-0.1, -0.05) is 0 Å². The zero-order valence-electron chi connectivity index (χ0n) is 7.43. The fraction of sp³-hybridized carbons (Fsp3) is 0.571. The maximum absolute atomic E-state index is 11.1. The van der Waals surface area contributed by atoms with E-state index in [0.717, 1.165) is 4.90 Å². The molecule has 0 radical (unpaired) electrons. The summed E-state index contributed by atoms with van der Waals surface area (Å²) in [6, 6.07) is -1.03. The lowest BCUT2D eigenvalue weighted by molar-refractivity contribution is -0.158. The number of hydrogen-bond acceptors (Lipinski definition) is 5. The molecule has 0 aromatic heterocycles. The van der Waals surface area contributed by atoms with Gasteiger partial charge in [-0.3, -0.25) is 19.3 Å². The maximum atomic E-state index is 11.1. The topological polar surface area (TPSA) is 116 Å². The second-order valence-corrected chi connectivity index (χ2v) is 2.90. The lowest BCUT2D eigenvalue weighted by Crippen LogP contribution is -2.53. The first-order valence-corrected chi connectivity index (χ1v) is 3.98. The van der Waals surface area contributed by atoms with Crippen molar-refractivity contribution < 1.29 is 19.1 Å². The van der Waals surface area contributed by atoms with Crippen LogP contribution in [0.3, 0.4) is 0 Å². The van der Waals surface area contributed by atoms with E-state index in [9.17, 15) is 14.4 Å². The van der Waals surface area contributed by atoms with Crippen molar-refractivity contribution in [3.05, 3.63) is 0 Å². The molecule has 1 aliphatic rings. The summed E-state index contributed by atoms with van der Waals surface area (Å²) in [5.41, 5.74) is 10.2. The molecule has 1 rings (SSSR count). The lowest BCUT2D eigenvalue weighted by atomic mass is 10.2. The summed E-state index contributed by atoms with van der Waals surface area (Å²) in [4.78, 5) is 33.8. The summed E-state index contributed by atoms with van der Waals surface area (Å²) < 4.78 is 4.67. The number of nitrogens with two attached hydrogens (primary N) is 2. The fourth-order valence-corrected chi connectivity index (χ4v) is 1.01. The quantitative estimate of drug-likeness (QED) is 0.478. The Labute approximate surface area is 80.0 Å². The highest BCUT2D eigenvalue weighted by molar-refractivity contribution is 5.98. The van der Waals surface area contributed by atoms with Crippen molar-refractivity contribution in [2.45, 2.75) is 6.04 Å². The van der Waals surface area contributed by atoms with Gasteiger partial charge in [0.05, 0.1) is 6.54 Å². The van der Waals surface area contributed by atoms with E-state index >= 15 is 0 Å². The third-order valence-electron chi connectivity index (χ3n) is 1.80. The minimum Gasteiger partial charge on any atom is -0.368 e. The largest absolute Gasteiger partial charge is 0.368 e. The van der Waals surface area contributed by atoms with Crippen LogP contribution in [0.2, 0.25) is 0 Å². The zero-order valence-corrected chi connectivity index (χ0v) is 7.43. The molecule has 7 heteroatoms. The highest BCUT2D eigenvalue weighted by Crippen LogP contribution is 2.01. The molecule has 0 bridgehead atoms. The van der Waals surface area contributed by atoms with Crippen molar-refractivity contribution in [3.63, 3.8) is 0 Å². The second-order valence-electron chi connectivity index (χ2n) is 2.90. The van der Waals surface area contributed by atoms with E-state index in [2.05, 4.69) is 4.74 Å². The number of amides is 3. The zero-order chi connectivity index (χ0) is 10.7. The molecule has 0 spiro atoms. The Morgan fingerprint density at radius 1 is 1.43 bits per heavy atom. The van der Waals surface area contributed by atoms with Crippen LogP contribution >= 0.6 is 0 Å². The standard InChI is InChI=1S/C7H11N3O4/c8-4(7(9)13)1-10-5(11)2-14-3-6(10)12/h4H,1-3,8H2,(H2,9,13). The number of nitrogens with zero attached hydrogens (tertiary/aromatic N) is 1. The molecule has 1 heterocycles. The van der Waals surface area contributed by atoms with E-state index in [0.29, 0.717) is 0 Å². The van der Waals surface area contributed by atoms with Gasteiger partial charge in [0.2, 0.25) is 5.91 Å². The first-order valence-electron chi connectivity index (χ1n) is 3.98. The minimum absolute atomic E-state index is 0.169. The van der Waals surface area contributed by atoms with Crippen LogP contribution in [-0.2, 0) is 19.1 Å². The van der Waals surface area contributed by atoms with Crippen molar-refractivity contribution in [1.82, 2.24) is 4.90 Å². The van der Waals surface area contributed by atoms with Crippen LogP contribution in [0.5, 0.6) is 0 Å². The van der Waals surface area contributed by atoms with Gasteiger partial charge in [0.25, 0.3) is 11.8 Å². The number of rotatable bonds is 3. The van der Waals surface area contributed by atoms with Crippen molar-refractivity contribution in [3.8, 4) is 0 Å². The molecular weight excluding hydrogens is 190 g/mol. The normalized spacial score (nSPS) is 19.6. The van der Waals surface area contributed by atoms with Crippen LogP contribution in [0.4, 0.5) is 0 Å². The van der Waals surface area contributed by atoms with Gasteiger partial charge in [0, 0.05) is 0 Å². The predicted octanol–water partition coefficient (Wildman–Crippen LogP) is -2.82. The van der Waals surface area contributed by atoms with Gasteiger partial charge in [-0.2, -0.15) is 0 Å². The molecule has 1 saturated heterocycles. The van der Waals surface area contributed by atoms with Gasteiger partial charge < -0.3 is 16.2 Å². The molecule has 0 aromatic carbocycles. The van der Waals surface area contributed by atoms with E-state index in [1.165, 1.54) is 0 Å². The Morgan fingerprint density at radius 2 is 1.93 bits per heavy atom. The first-order chi connectivity index (χ1) is 6.52. The number of primary amides is 1. The Morgan fingerprint density at radius 3 is 2.36 bits per heavy atom. The van der Waals surface area contributed by atoms with E-state index in [4.69, 9.17) is 11.5 Å². The molecule has 1 atom stereocenters. The molecular formula is C7H11N3O4. The first kappa shape index (κ1) is 10.6. The summed E-state index contributed by atoms with van der Waals surface area (Å²) >= 11 is 0. The van der Waals surface area contributed by atoms with Gasteiger partial charge in [0.15, 0.2) is 0 Å². The van der Waals surface area contributed by atoms with Crippen molar-refractivity contribution in [2.75, 3.05) is 19.8 Å². The molecule has 3 amide bonds. The predicted molar refractivity (Wildman–Crippen MR) is 44.7 cm³/mol. The summed E-state index contributed by atoms with van der Waals surface area (Å²) in [5.74, 6) is -1.76. The number of ether oxygens (including phenoxy) is 1. The number of carbonyl (C=O) groups excluding carboxylic acids is 3. The Balaban J connectivity index is 2.61. The average molecular weight is 201 g/mol. The van der Waals surface area contributed by atoms with Gasteiger partial charge in [-0.05, 0) is 0 Å². The Hall–Kier alpha value is -1.47. The second kappa shape index (κ2) is 4.16. The Bertz CT molecular complexity index is 262. The lowest BCUT2D eigenvalue weighted by Gasteiger charge is -2.26. The number of hydrogen-bond donors (Lipinski definition) is 2.